The number of hydrogen-bond donors (Lipinski definition) is 3. The monoisotopic (exact) mass is 270 g/mol. The van der Waals surface area contributed by atoms with E-state index < -0.39 is 5.97 Å². The van der Waals surface area contributed by atoms with E-state index in [0.717, 1.165) is 6.42 Å². The van der Waals surface area contributed by atoms with Crippen LogP contribution in [0.1, 0.15) is 45.4 Å². The Morgan fingerprint density at radius 2 is 1.74 bits per heavy atom. The van der Waals surface area contributed by atoms with Crippen molar-refractivity contribution in [2.75, 3.05) is 6.54 Å². The zero-order valence-corrected chi connectivity index (χ0v) is 11.3. The molecule has 1 aliphatic carbocycles. The van der Waals surface area contributed by atoms with E-state index in [1.54, 1.807) is 0 Å². The first kappa shape index (κ1) is 15.5. The number of nitrogens with one attached hydrogen (secondary N) is 2. The second-order valence-electron chi connectivity index (χ2n) is 4.98. The predicted octanol–water partition coefficient (Wildman–Crippen LogP) is 0.662. The first-order valence-electron chi connectivity index (χ1n) is 6.81. The molecule has 0 aromatic heterocycles. The van der Waals surface area contributed by atoms with E-state index in [0.29, 0.717) is 32.1 Å². The van der Waals surface area contributed by atoms with Crippen LogP contribution in [0.2, 0.25) is 0 Å². The summed E-state index contributed by atoms with van der Waals surface area (Å²) < 4.78 is 0. The highest BCUT2D eigenvalue weighted by Crippen LogP contribution is 2.24. The van der Waals surface area contributed by atoms with Gasteiger partial charge in [-0.05, 0) is 32.1 Å². The second-order valence-corrected chi connectivity index (χ2v) is 4.98. The highest BCUT2D eigenvalue weighted by molar-refractivity contribution is 5.84. The SMILES string of the molecule is CCCC(=O)NCC(=O)NC1CCC(C(=O)O)CC1. The van der Waals surface area contributed by atoms with Crippen LogP contribution in [-0.4, -0.2) is 35.5 Å². The molecule has 0 radical (unpaired) electrons. The number of hydrogen-bond acceptors (Lipinski definition) is 3. The van der Waals surface area contributed by atoms with Crippen molar-refractivity contribution in [2.24, 2.45) is 5.92 Å². The predicted molar refractivity (Wildman–Crippen MR) is 69.4 cm³/mol. The first-order chi connectivity index (χ1) is 9.02. The molecule has 6 heteroatoms. The average molecular weight is 270 g/mol. The van der Waals surface area contributed by atoms with Gasteiger partial charge in [0.05, 0.1) is 12.5 Å². The van der Waals surface area contributed by atoms with Gasteiger partial charge < -0.3 is 15.7 Å². The topological polar surface area (TPSA) is 95.5 Å². The van der Waals surface area contributed by atoms with E-state index in [4.69, 9.17) is 5.11 Å². The smallest absolute Gasteiger partial charge is 0.306 e. The van der Waals surface area contributed by atoms with Crippen molar-refractivity contribution >= 4 is 17.8 Å². The minimum absolute atomic E-state index is 0.00229. The van der Waals surface area contributed by atoms with Crippen molar-refractivity contribution in [3.05, 3.63) is 0 Å². The molecule has 1 fully saturated rings. The van der Waals surface area contributed by atoms with Gasteiger partial charge in [-0.1, -0.05) is 6.92 Å². The maximum absolute atomic E-state index is 11.6. The van der Waals surface area contributed by atoms with Gasteiger partial charge in [0.15, 0.2) is 0 Å². The molecular formula is C13H22N2O4. The number of carbonyl (C=O) groups excluding carboxylic acids is 2. The Morgan fingerprint density at radius 3 is 2.26 bits per heavy atom. The van der Waals surface area contributed by atoms with Gasteiger partial charge in [0.2, 0.25) is 11.8 Å². The molecule has 0 saturated heterocycles. The van der Waals surface area contributed by atoms with Crippen LogP contribution in [0.3, 0.4) is 0 Å². The lowest BCUT2D eigenvalue weighted by Gasteiger charge is -2.26. The molecular weight excluding hydrogens is 248 g/mol. The zero-order valence-electron chi connectivity index (χ0n) is 11.3. The van der Waals surface area contributed by atoms with Gasteiger partial charge in [0, 0.05) is 12.5 Å². The number of aliphatic carboxylic acids is 1. The molecule has 0 spiro atoms. The third kappa shape index (κ3) is 5.72. The van der Waals surface area contributed by atoms with Crippen molar-refractivity contribution in [1.82, 2.24) is 10.6 Å². The van der Waals surface area contributed by atoms with Crippen LogP contribution in [0.15, 0.2) is 0 Å². The Bertz CT molecular complexity index is 336. The molecule has 19 heavy (non-hydrogen) atoms. The Kier molecular flexibility index (Phi) is 6.32. The number of carbonyl (C=O) groups is 3. The molecule has 0 atom stereocenters. The summed E-state index contributed by atoms with van der Waals surface area (Å²) in [6, 6.07) is 0.0335. The lowest BCUT2D eigenvalue weighted by atomic mass is 9.86. The summed E-state index contributed by atoms with van der Waals surface area (Å²) in [6.45, 7) is 1.90. The van der Waals surface area contributed by atoms with Crippen LogP contribution < -0.4 is 10.6 Å². The van der Waals surface area contributed by atoms with Crippen LogP contribution in [0.4, 0.5) is 0 Å². The molecule has 0 unspecified atom stereocenters. The lowest BCUT2D eigenvalue weighted by Crippen LogP contribution is -2.43. The van der Waals surface area contributed by atoms with Crippen molar-refractivity contribution in [3.8, 4) is 0 Å². The van der Waals surface area contributed by atoms with E-state index in [1.165, 1.54) is 0 Å². The summed E-state index contributed by atoms with van der Waals surface area (Å²) in [4.78, 5) is 33.6. The molecule has 0 aromatic rings. The molecule has 2 amide bonds. The van der Waals surface area contributed by atoms with Crippen LogP contribution in [-0.2, 0) is 14.4 Å². The van der Waals surface area contributed by atoms with E-state index in [2.05, 4.69) is 10.6 Å². The normalized spacial score (nSPS) is 22.6. The molecule has 1 rings (SSSR count). The fourth-order valence-electron chi connectivity index (χ4n) is 2.26. The lowest BCUT2D eigenvalue weighted by molar-refractivity contribution is -0.142. The van der Waals surface area contributed by atoms with Gasteiger partial charge in [-0.15, -0.1) is 0 Å². The van der Waals surface area contributed by atoms with Gasteiger partial charge >= 0.3 is 5.97 Å². The maximum atomic E-state index is 11.6. The largest absolute Gasteiger partial charge is 0.481 e. The average Bonchev–Trinajstić information content (AvgIpc) is 2.37. The number of carboxylic acid groups (broad SMARTS) is 1. The maximum Gasteiger partial charge on any atom is 0.306 e. The third-order valence-corrected chi connectivity index (χ3v) is 3.36. The highest BCUT2D eigenvalue weighted by Gasteiger charge is 2.26. The number of rotatable bonds is 6. The van der Waals surface area contributed by atoms with Crippen LogP contribution in [0, 0.1) is 5.92 Å². The van der Waals surface area contributed by atoms with Gasteiger partial charge in [0.25, 0.3) is 0 Å². The Hall–Kier alpha value is -1.59. The number of carboxylic acids is 1. The fraction of sp³-hybridized carbons (Fsp3) is 0.769. The molecule has 1 saturated carbocycles. The van der Waals surface area contributed by atoms with Crippen molar-refractivity contribution in [2.45, 2.75) is 51.5 Å². The minimum Gasteiger partial charge on any atom is -0.481 e. The van der Waals surface area contributed by atoms with Gasteiger partial charge in [0.1, 0.15) is 0 Å². The summed E-state index contributed by atoms with van der Waals surface area (Å²) in [5.74, 6) is -1.36. The highest BCUT2D eigenvalue weighted by atomic mass is 16.4. The molecule has 0 aromatic carbocycles. The Labute approximate surface area is 112 Å². The van der Waals surface area contributed by atoms with Crippen molar-refractivity contribution in [3.63, 3.8) is 0 Å². The Balaban J connectivity index is 2.20. The Morgan fingerprint density at radius 1 is 1.11 bits per heavy atom. The standard InChI is InChI=1S/C13H22N2O4/c1-2-3-11(16)14-8-12(17)15-10-6-4-9(5-7-10)13(18)19/h9-10H,2-8H2,1H3,(H,14,16)(H,15,17)(H,18,19). The minimum atomic E-state index is -0.753. The summed E-state index contributed by atoms with van der Waals surface area (Å²) >= 11 is 0. The number of amides is 2. The molecule has 0 heterocycles. The summed E-state index contributed by atoms with van der Waals surface area (Å²) in [5, 5.41) is 14.3. The van der Waals surface area contributed by atoms with Gasteiger partial charge in [-0.2, -0.15) is 0 Å². The molecule has 0 bridgehead atoms. The van der Waals surface area contributed by atoms with Gasteiger partial charge in [-0.3, -0.25) is 14.4 Å². The van der Waals surface area contributed by atoms with Gasteiger partial charge in [-0.25, -0.2) is 0 Å². The van der Waals surface area contributed by atoms with Crippen molar-refractivity contribution < 1.29 is 19.5 Å². The molecule has 1 aliphatic rings. The summed E-state index contributed by atoms with van der Waals surface area (Å²) in [6.07, 6.45) is 3.76. The van der Waals surface area contributed by atoms with Crippen LogP contribution in [0.5, 0.6) is 0 Å². The second kappa shape index (κ2) is 7.76. The molecule has 0 aliphatic heterocycles. The molecule has 108 valence electrons. The van der Waals surface area contributed by atoms with Crippen molar-refractivity contribution in [1.29, 1.82) is 0 Å². The van der Waals surface area contributed by atoms with Crippen LogP contribution in [0.25, 0.3) is 0 Å². The van der Waals surface area contributed by atoms with E-state index in [9.17, 15) is 14.4 Å². The van der Waals surface area contributed by atoms with E-state index in [1.807, 2.05) is 6.92 Å². The third-order valence-electron chi connectivity index (χ3n) is 3.36. The fourth-order valence-corrected chi connectivity index (χ4v) is 2.26. The quantitative estimate of drug-likeness (QED) is 0.660. The van der Waals surface area contributed by atoms with E-state index >= 15 is 0 Å². The molecule has 3 N–H and O–H groups in total. The first-order valence-corrected chi connectivity index (χ1v) is 6.81. The summed E-state index contributed by atoms with van der Waals surface area (Å²) in [7, 11) is 0. The zero-order chi connectivity index (χ0) is 14.3. The molecule has 6 nitrogen and oxygen atoms in total. The van der Waals surface area contributed by atoms with Crippen LogP contribution >= 0.6 is 0 Å². The van der Waals surface area contributed by atoms with E-state index in [-0.39, 0.29) is 30.3 Å². The summed E-state index contributed by atoms with van der Waals surface area (Å²) in [5.41, 5.74) is 0.